The molecule has 1 unspecified atom stereocenters. The number of benzene rings is 1. The first kappa shape index (κ1) is 20.1. The molecule has 2 atom stereocenters. The minimum Gasteiger partial charge on any atom is -0.506 e. The third kappa shape index (κ3) is 4.87. The molecule has 1 aliphatic carbocycles. The summed E-state index contributed by atoms with van der Waals surface area (Å²) < 4.78 is 50.1. The van der Waals surface area contributed by atoms with Crippen molar-refractivity contribution < 1.29 is 27.4 Å². The van der Waals surface area contributed by atoms with E-state index in [9.17, 15) is 17.9 Å². The quantitative estimate of drug-likeness (QED) is 0.739. The van der Waals surface area contributed by atoms with Crippen LogP contribution in [0.25, 0.3) is 11.3 Å². The molecule has 2 aromatic rings. The van der Waals surface area contributed by atoms with E-state index in [4.69, 9.17) is 9.47 Å². The lowest BCUT2D eigenvalue weighted by Gasteiger charge is -2.31. The highest BCUT2D eigenvalue weighted by Gasteiger charge is 2.39. The lowest BCUT2D eigenvalue weighted by Crippen LogP contribution is -2.36. The lowest BCUT2D eigenvalue weighted by molar-refractivity contribution is 0.00447. The molecular formula is C21H24FNO5S. The van der Waals surface area contributed by atoms with Gasteiger partial charge in [0.1, 0.15) is 17.2 Å². The van der Waals surface area contributed by atoms with Gasteiger partial charge in [0, 0.05) is 24.2 Å². The summed E-state index contributed by atoms with van der Waals surface area (Å²) in [6.45, 7) is 1.45. The Morgan fingerprint density at radius 1 is 1.17 bits per heavy atom. The molecule has 2 heterocycles. The molecule has 4 rings (SSSR count). The maximum Gasteiger partial charge on any atom is 0.153 e. The van der Waals surface area contributed by atoms with E-state index < -0.39 is 15.7 Å². The fourth-order valence-electron chi connectivity index (χ4n) is 3.66. The molecule has 1 aromatic heterocycles. The Hall–Kier alpha value is -2.19. The van der Waals surface area contributed by atoms with E-state index in [0.717, 1.165) is 25.3 Å². The Kier molecular flexibility index (Phi) is 5.74. The van der Waals surface area contributed by atoms with Crippen molar-refractivity contribution >= 4 is 9.84 Å². The largest absolute Gasteiger partial charge is 0.506 e. The van der Waals surface area contributed by atoms with E-state index >= 15 is 0 Å². The van der Waals surface area contributed by atoms with Gasteiger partial charge in [0.15, 0.2) is 15.7 Å². The summed E-state index contributed by atoms with van der Waals surface area (Å²) in [6, 6.07) is 7.87. The van der Waals surface area contributed by atoms with Crippen molar-refractivity contribution in [2.24, 2.45) is 11.8 Å². The summed E-state index contributed by atoms with van der Waals surface area (Å²) >= 11 is 0. The number of pyridine rings is 1. The molecule has 8 heteroatoms. The van der Waals surface area contributed by atoms with Crippen LogP contribution in [0, 0.1) is 17.7 Å². The van der Waals surface area contributed by atoms with Gasteiger partial charge in [0.2, 0.25) is 0 Å². The van der Waals surface area contributed by atoms with E-state index in [1.807, 2.05) is 0 Å². The van der Waals surface area contributed by atoms with Gasteiger partial charge in [0.05, 0.1) is 30.4 Å². The molecule has 1 saturated carbocycles. The minimum atomic E-state index is -3.02. The molecule has 1 aliphatic heterocycles. The molecule has 1 N–H and O–H groups in total. The molecule has 0 radical (unpaired) electrons. The smallest absolute Gasteiger partial charge is 0.153 e. The van der Waals surface area contributed by atoms with E-state index in [0.29, 0.717) is 31.1 Å². The molecular weight excluding hydrogens is 397 g/mol. The SMILES string of the molecule is O=S(=O)(CC1CCOC[C@@H]1COc1ccc(-c2ncc(O)cc2F)cc1)C1CC1. The molecule has 2 fully saturated rings. The first-order valence-corrected chi connectivity index (χ1v) is 11.5. The Labute approximate surface area is 169 Å². The fourth-order valence-corrected chi connectivity index (χ4v) is 5.82. The van der Waals surface area contributed by atoms with Crippen LogP contribution in [-0.4, -0.2) is 49.3 Å². The number of hydrogen-bond donors (Lipinski definition) is 1. The normalized spacial score (nSPS) is 22.4. The molecule has 0 bridgehead atoms. The molecule has 29 heavy (non-hydrogen) atoms. The number of halogens is 1. The second kappa shape index (κ2) is 8.28. The molecule has 1 saturated heterocycles. The summed E-state index contributed by atoms with van der Waals surface area (Å²) in [4.78, 5) is 3.92. The predicted molar refractivity (Wildman–Crippen MR) is 106 cm³/mol. The highest BCUT2D eigenvalue weighted by Crippen LogP contribution is 2.33. The standard InChI is InChI=1S/C21H24FNO5S/c22-20-9-17(24)10-23-21(20)14-1-3-18(4-2-14)28-12-16-11-27-8-7-15(16)13-29(25,26)19-5-6-19/h1-4,9-10,15-16,19,24H,5-8,11-13H2/t15?,16-/m1/s1. The maximum absolute atomic E-state index is 14.0. The number of aromatic nitrogens is 1. The topological polar surface area (TPSA) is 85.7 Å². The molecule has 0 amide bonds. The van der Waals surface area contributed by atoms with Crippen LogP contribution in [0.5, 0.6) is 11.5 Å². The lowest BCUT2D eigenvalue weighted by atomic mass is 9.91. The summed E-state index contributed by atoms with van der Waals surface area (Å²) in [5, 5.41) is 9.13. The summed E-state index contributed by atoms with van der Waals surface area (Å²) in [5.41, 5.74) is 0.727. The van der Waals surface area contributed by atoms with Gasteiger partial charge in [-0.3, -0.25) is 0 Å². The van der Waals surface area contributed by atoms with Crippen molar-refractivity contribution in [3.63, 3.8) is 0 Å². The van der Waals surface area contributed by atoms with Crippen LogP contribution in [0.4, 0.5) is 4.39 Å². The molecule has 1 aromatic carbocycles. The van der Waals surface area contributed by atoms with Crippen LogP contribution >= 0.6 is 0 Å². The first-order valence-electron chi connectivity index (χ1n) is 9.79. The Balaban J connectivity index is 1.38. The van der Waals surface area contributed by atoms with Gasteiger partial charge >= 0.3 is 0 Å². The van der Waals surface area contributed by atoms with Crippen molar-refractivity contribution in [2.45, 2.75) is 24.5 Å². The zero-order valence-corrected chi connectivity index (χ0v) is 16.8. The maximum atomic E-state index is 14.0. The van der Waals surface area contributed by atoms with E-state index in [1.54, 1.807) is 24.3 Å². The number of rotatable bonds is 7. The molecule has 2 aliphatic rings. The first-order chi connectivity index (χ1) is 13.9. The van der Waals surface area contributed by atoms with Crippen LogP contribution in [-0.2, 0) is 14.6 Å². The third-order valence-corrected chi connectivity index (χ3v) is 7.91. The second-order valence-corrected chi connectivity index (χ2v) is 10.1. The van der Waals surface area contributed by atoms with Crippen LogP contribution in [0.2, 0.25) is 0 Å². The van der Waals surface area contributed by atoms with Crippen molar-refractivity contribution in [1.82, 2.24) is 4.98 Å². The van der Waals surface area contributed by atoms with Crippen molar-refractivity contribution in [2.75, 3.05) is 25.6 Å². The number of aromatic hydroxyl groups is 1. The van der Waals surface area contributed by atoms with Gasteiger partial charge in [-0.1, -0.05) is 0 Å². The molecule has 0 spiro atoms. The summed E-state index contributed by atoms with van der Waals surface area (Å²) in [5.74, 6) is 0.0658. The Morgan fingerprint density at radius 3 is 2.62 bits per heavy atom. The Bertz CT molecular complexity index is 960. The number of ether oxygens (including phenoxy) is 2. The summed E-state index contributed by atoms with van der Waals surface area (Å²) in [7, 11) is -3.02. The monoisotopic (exact) mass is 421 g/mol. The van der Waals surface area contributed by atoms with Gasteiger partial charge < -0.3 is 14.6 Å². The van der Waals surface area contributed by atoms with Gasteiger partial charge in [-0.25, -0.2) is 17.8 Å². The predicted octanol–water partition coefficient (Wildman–Crippen LogP) is 3.20. The number of sulfone groups is 1. The molecule has 6 nitrogen and oxygen atoms in total. The second-order valence-electron chi connectivity index (χ2n) is 7.77. The van der Waals surface area contributed by atoms with Crippen molar-refractivity contribution in [3.05, 3.63) is 42.3 Å². The highest BCUT2D eigenvalue weighted by molar-refractivity contribution is 7.92. The Morgan fingerprint density at radius 2 is 1.93 bits per heavy atom. The van der Waals surface area contributed by atoms with Gasteiger partial charge in [0.25, 0.3) is 0 Å². The van der Waals surface area contributed by atoms with Crippen molar-refractivity contribution in [3.8, 4) is 22.8 Å². The van der Waals surface area contributed by atoms with Crippen LogP contribution < -0.4 is 4.74 Å². The average molecular weight is 421 g/mol. The average Bonchev–Trinajstić information content (AvgIpc) is 3.54. The van der Waals surface area contributed by atoms with Crippen LogP contribution in [0.15, 0.2) is 36.5 Å². The van der Waals surface area contributed by atoms with E-state index in [1.165, 1.54) is 6.20 Å². The summed E-state index contributed by atoms with van der Waals surface area (Å²) in [6.07, 6.45) is 3.50. The van der Waals surface area contributed by atoms with Crippen LogP contribution in [0.1, 0.15) is 19.3 Å². The third-order valence-electron chi connectivity index (χ3n) is 5.53. The number of hydrogen-bond acceptors (Lipinski definition) is 6. The van der Waals surface area contributed by atoms with Gasteiger partial charge in [-0.15, -0.1) is 0 Å². The van der Waals surface area contributed by atoms with E-state index in [-0.39, 0.29) is 34.3 Å². The number of nitrogens with zero attached hydrogens (tertiary/aromatic N) is 1. The van der Waals surface area contributed by atoms with Crippen LogP contribution in [0.3, 0.4) is 0 Å². The zero-order valence-electron chi connectivity index (χ0n) is 16.0. The van der Waals surface area contributed by atoms with Gasteiger partial charge in [-0.2, -0.15) is 0 Å². The fraction of sp³-hybridized carbons (Fsp3) is 0.476. The zero-order chi connectivity index (χ0) is 20.4. The molecule has 156 valence electrons. The van der Waals surface area contributed by atoms with Gasteiger partial charge in [-0.05, 0) is 49.4 Å². The minimum absolute atomic E-state index is 0.0214. The van der Waals surface area contributed by atoms with E-state index in [2.05, 4.69) is 4.98 Å². The van der Waals surface area contributed by atoms with Crippen molar-refractivity contribution in [1.29, 1.82) is 0 Å². The highest BCUT2D eigenvalue weighted by atomic mass is 32.2.